The van der Waals surface area contributed by atoms with Crippen LogP contribution in [0.5, 0.6) is 5.75 Å². The molecule has 1 aliphatic heterocycles. The number of nitrogens with one attached hydrogen (secondary N) is 1. The number of anilines is 1. The fraction of sp³-hybridized carbons (Fsp3) is 0.533. The Bertz CT molecular complexity index is 659. The van der Waals surface area contributed by atoms with Gasteiger partial charge in [0.1, 0.15) is 17.0 Å². The van der Waals surface area contributed by atoms with Gasteiger partial charge in [-0.05, 0) is 26.0 Å². The van der Waals surface area contributed by atoms with Crippen molar-refractivity contribution < 1.29 is 23.3 Å². The maximum atomic E-state index is 12.3. The number of hydrogen-bond acceptors (Lipinski definition) is 4. The van der Waals surface area contributed by atoms with Gasteiger partial charge in [0.15, 0.2) is 15.9 Å². The average Bonchev–Trinajstić information content (AvgIpc) is 2.72. The molecule has 1 aliphatic rings. The van der Waals surface area contributed by atoms with Gasteiger partial charge >= 0.3 is 0 Å². The fourth-order valence-corrected chi connectivity index (χ4v) is 5.01. The van der Waals surface area contributed by atoms with Crippen molar-refractivity contribution in [3.05, 3.63) is 24.3 Å². The normalized spacial score (nSPS) is 24.7. The van der Waals surface area contributed by atoms with Crippen LogP contribution < -0.4 is 15.4 Å². The van der Waals surface area contributed by atoms with Crippen molar-refractivity contribution in [1.82, 2.24) is 0 Å². The molecule has 1 fully saturated rings. The molecule has 1 heterocycles. The first-order valence-corrected chi connectivity index (χ1v) is 9.07. The summed E-state index contributed by atoms with van der Waals surface area (Å²) in [7, 11) is -1.43. The van der Waals surface area contributed by atoms with E-state index in [2.05, 4.69) is 5.32 Å². The summed E-state index contributed by atoms with van der Waals surface area (Å²) in [5.74, 6) is 0.736. The summed E-state index contributed by atoms with van der Waals surface area (Å²) in [5.41, 5.74) is 0.176. The van der Waals surface area contributed by atoms with E-state index in [-0.39, 0.29) is 23.5 Å². The average molecular weight is 327 g/mol. The molecule has 2 rings (SSSR count). The third-order valence-corrected chi connectivity index (χ3v) is 5.89. The van der Waals surface area contributed by atoms with Gasteiger partial charge in [-0.3, -0.25) is 4.79 Å². The molecule has 0 aliphatic carbocycles. The van der Waals surface area contributed by atoms with Gasteiger partial charge in [0.2, 0.25) is 0 Å². The van der Waals surface area contributed by atoms with Crippen molar-refractivity contribution in [2.24, 2.45) is 0 Å². The summed E-state index contributed by atoms with van der Waals surface area (Å²) in [6.07, 6.45) is 0.571. The highest BCUT2D eigenvalue weighted by Crippen LogP contribution is 2.23. The zero-order chi connectivity index (χ0) is 16.4. The molecule has 2 atom stereocenters. The molecule has 3 N–H and O–H groups in total. The Morgan fingerprint density at radius 2 is 2.09 bits per heavy atom. The first-order chi connectivity index (χ1) is 10.2. The van der Waals surface area contributed by atoms with Gasteiger partial charge < -0.3 is 15.4 Å². The molecule has 0 bridgehead atoms. The molecule has 7 heteroatoms. The molecule has 22 heavy (non-hydrogen) atoms. The van der Waals surface area contributed by atoms with E-state index in [1.807, 2.05) is 24.4 Å². The summed E-state index contributed by atoms with van der Waals surface area (Å²) in [4.78, 5) is 12.3. The van der Waals surface area contributed by atoms with Crippen molar-refractivity contribution in [2.75, 3.05) is 23.9 Å². The van der Waals surface area contributed by atoms with E-state index in [9.17, 15) is 13.2 Å². The lowest BCUT2D eigenvalue weighted by molar-refractivity contribution is -0.734. The van der Waals surface area contributed by atoms with E-state index in [4.69, 9.17) is 4.74 Å². The van der Waals surface area contributed by atoms with Gasteiger partial charge in [-0.25, -0.2) is 8.42 Å². The molecule has 0 radical (unpaired) electrons. The van der Waals surface area contributed by atoms with Crippen LogP contribution in [0.15, 0.2) is 24.3 Å². The summed E-state index contributed by atoms with van der Waals surface area (Å²) in [6.45, 7) is 3.67. The zero-order valence-electron chi connectivity index (χ0n) is 13.1. The molecule has 0 saturated carbocycles. The molecule has 122 valence electrons. The van der Waals surface area contributed by atoms with Crippen LogP contribution in [0.25, 0.3) is 0 Å². The number of para-hydroxylation sites is 2. The van der Waals surface area contributed by atoms with Gasteiger partial charge in [0.05, 0.1) is 18.6 Å². The zero-order valence-corrected chi connectivity index (χ0v) is 13.9. The fourth-order valence-electron chi connectivity index (χ4n) is 2.84. The predicted octanol–water partition coefficient (Wildman–Crippen LogP) is 0.163. The lowest BCUT2D eigenvalue weighted by Crippen LogP contribution is -3.01. The van der Waals surface area contributed by atoms with Crippen LogP contribution in [-0.2, 0) is 14.6 Å². The van der Waals surface area contributed by atoms with Crippen LogP contribution >= 0.6 is 0 Å². The second-order valence-corrected chi connectivity index (χ2v) is 8.33. The number of hydrogen-bond donors (Lipinski definition) is 2. The van der Waals surface area contributed by atoms with Gasteiger partial charge in [-0.1, -0.05) is 12.1 Å². The standard InChI is InChI=1S/C15H22N2O4S/c1-11(17-15(2)8-9-22(19,20)10-15)14(18)16-12-6-4-5-7-13(12)21-3/h4-7,11,17H,8-10H2,1-3H3,(H,16,18)/p+1/t11-,15-/m1/s1. The van der Waals surface area contributed by atoms with E-state index in [0.717, 1.165) is 0 Å². The highest BCUT2D eigenvalue weighted by atomic mass is 32.2. The Morgan fingerprint density at radius 1 is 1.41 bits per heavy atom. The van der Waals surface area contributed by atoms with E-state index in [1.54, 1.807) is 26.2 Å². The number of methoxy groups -OCH3 is 1. The van der Waals surface area contributed by atoms with Crippen LogP contribution in [0.4, 0.5) is 5.69 Å². The molecule has 1 amide bonds. The van der Waals surface area contributed by atoms with Crippen LogP contribution in [0, 0.1) is 0 Å². The molecular formula is C15H23N2O4S+. The van der Waals surface area contributed by atoms with E-state index in [0.29, 0.717) is 17.9 Å². The Morgan fingerprint density at radius 3 is 2.68 bits per heavy atom. The topological polar surface area (TPSA) is 89.1 Å². The molecular weight excluding hydrogens is 304 g/mol. The Balaban J connectivity index is 2.01. The minimum atomic E-state index is -2.98. The summed E-state index contributed by atoms with van der Waals surface area (Å²) in [5, 5.41) is 4.68. The molecule has 1 aromatic carbocycles. The minimum Gasteiger partial charge on any atom is -0.495 e. The molecule has 6 nitrogen and oxygen atoms in total. The molecule has 0 unspecified atom stereocenters. The number of carbonyl (C=O) groups excluding carboxylic acids is 1. The Kier molecular flexibility index (Phi) is 4.77. The number of ether oxygens (including phenoxy) is 1. The van der Waals surface area contributed by atoms with Crippen molar-refractivity contribution in [2.45, 2.75) is 31.8 Å². The number of nitrogens with two attached hydrogens (primary N) is 1. The smallest absolute Gasteiger partial charge is 0.282 e. The predicted molar refractivity (Wildman–Crippen MR) is 84.7 cm³/mol. The van der Waals surface area contributed by atoms with Crippen molar-refractivity contribution >= 4 is 21.4 Å². The summed E-state index contributed by atoms with van der Waals surface area (Å²) >= 11 is 0. The lowest BCUT2D eigenvalue weighted by Gasteiger charge is -2.24. The van der Waals surface area contributed by atoms with Crippen LogP contribution in [0.3, 0.4) is 0 Å². The monoisotopic (exact) mass is 327 g/mol. The third-order valence-electron chi connectivity index (χ3n) is 3.96. The number of quaternary nitrogens is 1. The number of carbonyl (C=O) groups is 1. The minimum absolute atomic E-state index is 0.117. The largest absolute Gasteiger partial charge is 0.495 e. The van der Waals surface area contributed by atoms with Crippen LogP contribution in [-0.4, -0.2) is 44.5 Å². The number of sulfone groups is 1. The van der Waals surface area contributed by atoms with Gasteiger partial charge in [0, 0.05) is 6.42 Å². The number of amides is 1. The van der Waals surface area contributed by atoms with Crippen LogP contribution in [0.2, 0.25) is 0 Å². The second-order valence-electron chi connectivity index (χ2n) is 6.14. The van der Waals surface area contributed by atoms with Crippen LogP contribution in [0.1, 0.15) is 20.3 Å². The molecule has 1 aromatic rings. The van der Waals surface area contributed by atoms with E-state index < -0.39 is 15.4 Å². The molecule has 0 aromatic heterocycles. The van der Waals surface area contributed by atoms with Crippen molar-refractivity contribution in [1.29, 1.82) is 0 Å². The Labute approximate surface area is 131 Å². The summed E-state index contributed by atoms with van der Waals surface area (Å²) < 4.78 is 28.5. The van der Waals surface area contributed by atoms with Gasteiger partial charge in [0.25, 0.3) is 5.91 Å². The highest BCUT2D eigenvalue weighted by molar-refractivity contribution is 7.91. The van der Waals surface area contributed by atoms with Gasteiger partial charge in [-0.2, -0.15) is 0 Å². The second kappa shape index (κ2) is 6.26. The van der Waals surface area contributed by atoms with Crippen molar-refractivity contribution in [3.8, 4) is 5.75 Å². The maximum Gasteiger partial charge on any atom is 0.282 e. The number of rotatable bonds is 5. The SMILES string of the molecule is COc1ccccc1NC(=O)[C@@H](C)[NH2+][C@]1(C)CCS(=O)(=O)C1. The molecule has 0 spiro atoms. The number of benzene rings is 1. The quantitative estimate of drug-likeness (QED) is 0.806. The first kappa shape index (κ1) is 16.8. The maximum absolute atomic E-state index is 12.3. The first-order valence-electron chi connectivity index (χ1n) is 7.25. The van der Waals surface area contributed by atoms with Crippen molar-refractivity contribution in [3.63, 3.8) is 0 Å². The Hall–Kier alpha value is -1.60. The molecule has 1 saturated heterocycles. The summed E-state index contributed by atoms with van der Waals surface area (Å²) in [6, 6.07) is 6.80. The van der Waals surface area contributed by atoms with E-state index >= 15 is 0 Å². The lowest BCUT2D eigenvalue weighted by atomic mass is 10.0. The third kappa shape index (κ3) is 3.98. The highest BCUT2D eigenvalue weighted by Gasteiger charge is 2.43. The van der Waals surface area contributed by atoms with E-state index in [1.165, 1.54) is 0 Å². The van der Waals surface area contributed by atoms with Gasteiger partial charge in [-0.15, -0.1) is 0 Å².